The molecule has 132 valence electrons. The third-order valence-electron chi connectivity index (χ3n) is 4.26. The third kappa shape index (κ3) is 19.7. The van der Waals surface area contributed by atoms with E-state index in [1.54, 1.807) is 0 Å². The van der Waals surface area contributed by atoms with Gasteiger partial charge in [0.1, 0.15) is 6.23 Å². The number of hydrogen-bond acceptors (Lipinski definition) is 2. The van der Waals surface area contributed by atoms with Gasteiger partial charge in [-0.15, -0.1) is 0 Å². The van der Waals surface area contributed by atoms with Gasteiger partial charge < -0.3 is 10.8 Å². The van der Waals surface area contributed by atoms with Gasteiger partial charge >= 0.3 is 0 Å². The van der Waals surface area contributed by atoms with Crippen LogP contribution >= 0.6 is 0 Å². The van der Waals surface area contributed by atoms with Gasteiger partial charge in [-0.2, -0.15) is 0 Å². The third-order valence-corrected chi connectivity index (χ3v) is 4.26. The van der Waals surface area contributed by atoms with E-state index in [-0.39, 0.29) is 0 Å². The molecule has 0 aliphatic carbocycles. The van der Waals surface area contributed by atoms with Gasteiger partial charge in [0.25, 0.3) is 0 Å². The van der Waals surface area contributed by atoms with Gasteiger partial charge in [0.05, 0.1) is 0 Å². The molecule has 2 heteroatoms. The van der Waals surface area contributed by atoms with Gasteiger partial charge in [0, 0.05) is 0 Å². The van der Waals surface area contributed by atoms with Gasteiger partial charge in [0.2, 0.25) is 0 Å². The van der Waals surface area contributed by atoms with Gasteiger partial charge in [-0.25, -0.2) is 0 Å². The van der Waals surface area contributed by atoms with Crippen molar-refractivity contribution >= 4 is 0 Å². The van der Waals surface area contributed by atoms with Crippen LogP contribution in [0.2, 0.25) is 0 Å². The summed E-state index contributed by atoms with van der Waals surface area (Å²) in [5, 5.41) is 8.95. The van der Waals surface area contributed by atoms with E-state index in [9.17, 15) is 0 Å². The van der Waals surface area contributed by atoms with Gasteiger partial charge in [-0.05, 0) is 38.5 Å². The highest BCUT2D eigenvalue weighted by molar-refractivity contribution is 4.81. The van der Waals surface area contributed by atoms with E-state index in [1.165, 1.54) is 89.9 Å². The van der Waals surface area contributed by atoms with Crippen LogP contribution < -0.4 is 5.73 Å². The molecule has 0 spiro atoms. The minimum Gasteiger partial charge on any atom is -0.379 e. The maximum atomic E-state index is 8.95. The van der Waals surface area contributed by atoms with Gasteiger partial charge in [-0.1, -0.05) is 83.3 Å². The lowest BCUT2D eigenvalue weighted by atomic mass is 10.1. The first-order chi connectivity index (χ1) is 10.8. The molecule has 3 N–H and O–H groups in total. The maximum Gasteiger partial charge on any atom is 0.102 e. The lowest BCUT2D eigenvalue weighted by Gasteiger charge is -2.03. The summed E-state index contributed by atoms with van der Waals surface area (Å²) in [6, 6.07) is 0. The fraction of sp³-hybridized carbons (Fsp3) is 0.900. The molecular formula is C20H41NO. The minimum atomic E-state index is -0.608. The molecule has 0 fully saturated rings. The molecule has 1 unspecified atom stereocenters. The van der Waals surface area contributed by atoms with Crippen molar-refractivity contribution in [2.75, 3.05) is 0 Å². The van der Waals surface area contributed by atoms with Crippen molar-refractivity contribution in [3.8, 4) is 0 Å². The van der Waals surface area contributed by atoms with Crippen LogP contribution in [0.5, 0.6) is 0 Å². The molecule has 22 heavy (non-hydrogen) atoms. The summed E-state index contributed by atoms with van der Waals surface area (Å²) in [5.41, 5.74) is 5.31. The Labute approximate surface area is 139 Å². The number of aliphatic hydroxyl groups is 1. The number of aliphatic hydroxyl groups excluding tert-OH is 1. The lowest BCUT2D eigenvalue weighted by molar-refractivity contribution is 0.168. The van der Waals surface area contributed by atoms with Crippen molar-refractivity contribution < 1.29 is 5.11 Å². The summed E-state index contributed by atoms with van der Waals surface area (Å²) in [6.07, 6.45) is 24.8. The van der Waals surface area contributed by atoms with E-state index in [0.717, 1.165) is 12.8 Å². The SMILES string of the molecule is CCCCCCCC/C=C\CCCCCCCCCC(N)O. The molecule has 0 amide bonds. The molecule has 0 saturated carbocycles. The predicted octanol–water partition coefficient (Wildman–Crippen LogP) is 6.08. The van der Waals surface area contributed by atoms with Crippen molar-refractivity contribution in [2.24, 2.45) is 5.73 Å². The Morgan fingerprint density at radius 2 is 1.09 bits per heavy atom. The molecule has 0 rings (SSSR count). The normalized spacial score (nSPS) is 13.0. The highest BCUT2D eigenvalue weighted by Gasteiger charge is 1.95. The Morgan fingerprint density at radius 3 is 1.55 bits per heavy atom. The average molecular weight is 312 g/mol. The van der Waals surface area contributed by atoms with Crippen LogP contribution in [-0.2, 0) is 0 Å². The number of unbranched alkanes of at least 4 members (excludes halogenated alkanes) is 13. The molecule has 0 aromatic carbocycles. The molecule has 0 saturated heterocycles. The van der Waals surface area contributed by atoms with Gasteiger partial charge in [0.15, 0.2) is 0 Å². The van der Waals surface area contributed by atoms with E-state index in [0.29, 0.717) is 0 Å². The van der Waals surface area contributed by atoms with E-state index >= 15 is 0 Å². The minimum absolute atomic E-state index is 0.608. The summed E-state index contributed by atoms with van der Waals surface area (Å²) in [6.45, 7) is 2.27. The summed E-state index contributed by atoms with van der Waals surface area (Å²) in [5.74, 6) is 0. The largest absolute Gasteiger partial charge is 0.379 e. The van der Waals surface area contributed by atoms with E-state index in [2.05, 4.69) is 19.1 Å². The predicted molar refractivity (Wildman–Crippen MR) is 98.9 cm³/mol. The molecule has 0 aliphatic rings. The highest BCUT2D eigenvalue weighted by Crippen LogP contribution is 2.11. The first-order valence-electron chi connectivity index (χ1n) is 9.86. The molecule has 0 heterocycles. The molecule has 2 nitrogen and oxygen atoms in total. The zero-order chi connectivity index (χ0) is 16.3. The summed E-state index contributed by atoms with van der Waals surface area (Å²) in [7, 11) is 0. The van der Waals surface area contributed by atoms with Crippen LogP contribution in [0.25, 0.3) is 0 Å². The number of allylic oxidation sites excluding steroid dienone is 2. The molecule has 1 atom stereocenters. The standard InChI is InChI=1S/C20H41NO/c1-2-3-4-5-6-7-8-9-10-11-12-13-14-15-16-17-18-19-20(21)22/h9-10,20,22H,2-8,11-19,21H2,1H3/b10-9-. The van der Waals surface area contributed by atoms with Crippen LogP contribution in [0, 0.1) is 0 Å². The molecular weight excluding hydrogens is 270 g/mol. The summed E-state index contributed by atoms with van der Waals surface area (Å²) in [4.78, 5) is 0. The highest BCUT2D eigenvalue weighted by atomic mass is 16.3. The Bertz CT molecular complexity index is 226. The molecule has 0 aliphatic heterocycles. The number of nitrogens with two attached hydrogens (primary N) is 1. The second kappa shape index (κ2) is 18.7. The second-order valence-corrected chi connectivity index (χ2v) is 6.65. The molecule has 0 bridgehead atoms. The molecule has 0 radical (unpaired) electrons. The fourth-order valence-electron chi connectivity index (χ4n) is 2.78. The maximum absolute atomic E-state index is 8.95. The van der Waals surface area contributed by atoms with Crippen LogP contribution in [-0.4, -0.2) is 11.3 Å². The first-order valence-corrected chi connectivity index (χ1v) is 9.86. The second-order valence-electron chi connectivity index (χ2n) is 6.65. The van der Waals surface area contributed by atoms with Gasteiger partial charge in [-0.3, -0.25) is 0 Å². The van der Waals surface area contributed by atoms with Crippen molar-refractivity contribution in [3.63, 3.8) is 0 Å². The van der Waals surface area contributed by atoms with Crippen LogP contribution in [0.1, 0.15) is 110 Å². The van der Waals surface area contributed by atoms with E-state index in [1.807, 2.05) is 0 Å². The smallest absolute Gasteiger partial charge is 0.102 e. The van der Waals surface area contributed by atoms with Crippen LogP contribution in [0.3, 0.4) is 0 Å². The van der Waals surface area contributed by atoms with E-state index in [4.69, 9.17) is 10.8 Å². The average Bonchev–Trinajstić information content (AvgIpc) is 2.50. The first kappa shape index (κ1) is 21.7. The van der Waals surface area contributed by atoms with Crippen LogP contribution in [0.4, 0.5) is 0 Å². The fourth-order valence-corrected chi connectivity index (χ4v) is 2.78. The van der Waals surface area contributed by atoms with Crippen molar-refractivity contribution in [1.29, 1.82) is 0 Å². The Kier molecular flexibility index (Phi) is 18.4. The monoisotopic (exact) mass is 311 g/mol. The van der Waals surface area contributed by atoms with Crippen molar-refractivity contribution in [3.05, 3.63) is 12.2 Å². The number of rotatable bonds is 17. The van der Waals surface area contributed by atoms with Crippen molar-refractivity contribution in [2.45, 2.75) is 116 Å². The van der Waals surface area contributed by atoms with E-state index < -0.39 is 6.23 Å². The summed E-state index contributed by atoms with van der Waals surface area (Å²) < 4.78 is 0. The van der Waals surface area contributed by atoms with Crippen molar-refractivity contribution in [1.82, 2.24) is 0 Å². The summed E-state index contributed by atoms with van der Waals surface area (Å²) >= 11 is 0. The zero-order valence-corrected chi connectivity index (χ0v) is 15.1. The molecule has 0 aromatic rings. The Morgan fingerprint density at radius 1 is 0.682 bits per heavy atom. The quantitative estimate of drug-likeness (QED) is 0.194. The lowest BCUT2D eigenvalue weighted by Crippen LogP contribution is -2.17. The zero-order valence-electron chi connectivity index (χ0n) is 15.1. The number of hydrogen-bond donors (Lipinski definition) is 2. The topological polar surface area (TPSA) is 46.2 Å². The Hall–Kier alpha value is -0.340. The van der Waals surface area contributed by atoms with Crippen LogP contribution in [0.15, 0.2) is 12.2 Å². The Balaban J connectivity index is 3.05. The molecule has 0 aromatic heterocycles.